The van der Waals surface area contributed by atoms with E-state index in [1.165, 1.54) is 19.1 Å². The molecule has 1 aromatic carbocycles. The molecule has 2 unspecified atom stereocenters. The molecule has 2 heterocycles. The second-order valence-corrected chi connectivity index (χ2v) is 6.51. The van der Waals surface area contributed by atoms with Crippen LogP contribution in [0.1, 0.15) is 29.5 Å². The average molecular weight is 386 g/mol. The van der Waals surface area contributed by atoms with Crippen molar-refractivity contribution in [2.75, 3.05) is 6.61 Å². The number of aryl methyl sites for hydroxylation is 1. The molecule has 1 saturated heterocycles. The van der Waals surface area contributed by atoms with E-state index in [1.807, 2.05) is 0 Å². The van der Waals surface area contributed by atoms with Crippen LogP contribution in [0.25, 0.3) is 5.57 Å². The first kappa shape index (κ1) is 16.6. The van der Waals surface area contributed by atoms with Crippen molar-refractivity contribution in [3.63, 3.8) is 0 Å². The van der Waals surface area contributed by atoms with E-state index in [9.17, 15) is 18.0 Å². The van der Waals surface area contributed by atoms with Gasteiger partial charge in [-0.2, -0.15) is 0 Å². The van der Waals surface area contributed by atoms with Gasteiger partial charge in [-0.1, -0.05) is 0 Å². The Morgan fingerprint density at radius 2 is 2.04 bits per heavy atom. The predicted molar refractivity (Wildman–Crippen MR) is 77.7 cm³/mol. The Bertz CT molecular complexity index is 676. The van der Waals surface area contributed by atoms with Crippen LogP contribution in [0.2, 0.25) is 0 Å². The maximum absolute atomic E-state index is 13.1. The number of ketones is 1. The SMILES string of the molecule is Cc1ccc(C2=C([As])OC(C3CCCO3)C2=O)cc1C(F)(F)F. The summed E-state index contributed by atoms with van der Waals surface area (Å²) >= 11 is 2.13. The van der Waals surface area contributed by atoms with Crippen LogP contribution >= 0.6 is 0 Å². The third-order valence-corrected chi connectivity index (χ3v) is 4.78. The van der Waals surface area contributed by atoms with E-state index in [1.54, 1.807) is 0 Å². The molecule has 2 aliphatic heterocycles. The minimum absolute atomic E-state index is 0.121. The van der Waals surface area contributed by atoms with Crippen LogP contribution < -0.4 is 0 Å². The van der Waals surface area contributed by atoms with Crippen molar-refractivity contribution in [3.8, 4) is 0 Å². The van der Waals surface area contributed by atoms with Crippen molar-refractivity contribution in [1.29, 1.82) is 0 Å². The first-order valence-corrected chi connectivity index (χ1v) is 8.17. The van der Waals surface area contributed by atoms with E-state index in [2.05, 4.69) is 16.9 Å². The molecule has 23 heavy (non-hydrogen) atoms. The Balaban J connectivity index is 1.95. The van der Waals surface area contributed by atoms with Crippen LogP contribution in [-0.4, -0.2) is 41.5 Å². The molecule has 1 fully saturated rings. The molecule has 0 saturated carbocycles. The number of halogens is 3. The molecule has 0 bridgehead atoms. The summed E-state index contributed by atoms with van der Waals surface area (Å²) in [6, 6.07) is 3.90. The van der Waals surface area contributed by atoms with Gasteiger partial charge in [-0.05, 0) is 0 Å². The summed E-state index contributed by atoms with van der Waals surface area (Å²) in [6.07, 6.45) is -3.98. The van der Waals surface area contributed by atoms with Crippen molar-refractivity contribution in [2.24, 2.45) is 0 Å². The number of hydrogen-bond acceptors (Lipinski definition) is 3. The van der Waals surface area contributed by atoms with Crippen LogP contribution in [0, 0.1) is 6.92 Å². The summed E-state index contributed by atoms with van der Waals surface area (Å²) < 4.78 is 50.6. The van der Waals surface area contributed by atoms with E-state index in [0.29, 0.717) is 17.6 Å². The molecule has 3 nitrogen and oxygen atoms in total. The number of hydrogen-bond donors (Lipinski definition) is 0. The number of alkyl halides is 3. The molecule has 0 amide bonds. The zero-order valence-corrected chi connectivity index (χ0v) is 14.2. The van der Waals surface area contributed by atoms with Crippen LogP contribution in [0.3, 0.4) is 0 Å². The number of carbonyl (C=O) groups excluding carboxylic acids is 1. The van der Waals surface area contributed by atoms with Gasteiger partial charge in [0.15, 0.2) is 0 Å². The molecule has 1 aromatic rings. The number of benzene rings is 1. The first-order chi connectivity index (χ1) is 10.8. The summed E-state index contributed by atoms with van der Waals surface area (Å²) in [5.41, 5.74) is -0.202. The van der Waals surface area contributed by atoms with Gasteiger partial charge in [0.05, 0.1) is 0 Å². The van der Waals surface area contributed by atoms with Crippen LogP contribution in [0.5, 0.6) is 0 Å². The number of Topliss-reactive ketones (excluding diaryl/α,β-unsaturated/α-hetero) is 1. The molecule has 0 aromatic heterocycles. The van der Waals surface area contributed by atoms with Crippen LogP contribution in [0.4, 0.5) is 13.2 Å². The summed E-state index contributed by atoms with van der Waals surface area (Å²) in [4.78, 5) is 12.6. The Morgan fingerprint density at radius 1 is 1.30 bits per heavy atom. The molecule has 0 spiro atoms. The van der Waals surface area contributed by atoms with E-state index in [-0.39, 0.29) is 28.6 Å². The fraction of sp³-hybridized carbons (Fsp3) is 0.438. The molecule has 122 valence electrons. The zero-order valence-electron chi connectivity index (χ0n) is 12.3. The first-order valence-electron chi connectivity index (χ1n) is 7.23. The van der Waals surface area contributed by atoms with E-state index in [4.69, 9.17) is 9.47 Å². The van der Waals surface area contributed by atoms with Gasteiger partial charge in [0.1, 0.15) is 0 Å². The third-order valence-electron chi connectivity index (χ3n) is 4.09. The average Bonchev–Trinajstić information content (AvgIpc) is 3.07. The molecule has 2 radical (unpaired) electrons. The normalized spacial score (nSPS) is 25.2. The van der Waals surface area contributed by atoms with Crippen LogP contribution in [0.15, 0.2) is 22.7 Å². The van der Waals surface area contributed by atoms with Gasteiger partial charge in [0, 0.05) is 0 Å². The summed E-state index contributed by atoms with van der Waals surface area (Å²) in [5, 5.41) is 0. The van der Waals surface area contributed by atoms with E-state index in [0.717, 1.165) is 12.5 Å². The molecular formula is C16H14AsF3O3. The monoisotopic (exact) mass is 386 g/mol. The van der Waals surface area contributed by atoms with Gasteiger partial charge in [-0.3, -0.25) is 0 Å². The van der Waals surface area contributed by atoms with Gasteiger partial charge >= 0.3 is 140 Å². The van der Waals surface area contributed by atoms with Gasteiger partial charge in [0.2, 0.25) is 0 Å². The van der Waals surface area contributed by atoms with Crippen molar-refractivity contribution in [1.82, 2.24) is 0 Å². The second kappa shape index (κ2) is 5.99. The third kappa shape index (κ3) is 3.07. The van der Waals surface area contributed by atoms with E-state index < -0.39 is 17.8 Å². The molecule has 2 atom stereocenters. The van der Waals surface area contributed by atoms with Crippen molar-refractivity contribution >= 4 is 28.2 Å². The molecule has 0 aliphatic carbocycles. The van der Waals surface area contributed by atoms with Crippen LogP contribution in [-0.2, 0) is 20.4 Å². The van der Waals surface area contributed by atoms with Crippen molar-refractivity contribution in [2.45, 2.75) is 38.1 Å². The topological polar surface area (TPSA) is 35.5 Å². The number of ether oxygens (including phenoxy) is 2. The fourth-order valence-electron chi connectivity index (χ4n) is 2.92. The van der Waals surface area contributed by atoms with Gasteiger partial charge in [0.25, 0.3) is 0 Å². The Kier molecular flexibility index (Phi) is 4.32. The van der Waals surface area contributed by atoms with Crippen molar-refractivity contribution in [3.05, 3.63) is 39.4 Å². The van der Waals surface area contributed by atoms with Gasteiger partial charge in [-0.15, -0.1) is 0 Å². The molecule has 3 rings (SSSR count). The number of carbonyl (C=O) groups is 1. The van der Waals surface area contributed by atoms with E-state index >= 15 is 0 Å². The van der Waals surface area contributed by atoms with Gasteiger partial charge in [-0.25, -0.2) is 0 Å². The maximum atomic E-state index is 13.1. The molecule has 7 heteroatoms. The number of rotatable bonds is 2. The minimum atomic E-state index is -4.46. The second-order valence-electron chi connectivity index (χ2n) is 5.66. The van der Waals surface area contributed by atoms with Crippen molar-refractivity contribution < 1.29 is 27.4 Å². The quantitative estimate of drug-likeness (QED) is 0.734. The Labute approximate surface area is 140 Å². The molecule has 0 N–H and O–H groups in total. The predicted octanol–water partition coefficient (Wildman–Crippen LogP) is 3.00. The van der Waals surface area contributed by atoms with Gasteiger partial charge < -0.3 is 0 Å². The fourth-order valence-corrected chi connectivity index (χ4v) is 3.66. The standard InChI is InChI=1S/C16H14AsF3O3/c1-8-4-5-9(7-10(8)16(18,19)20)12-13(21)14(23-15(12)17)11-3-2-6-22-11/h4-5,7,11,14H,2-3,6H2,1H3. The molecule has 2 aliphatic rings. The summed E-state index contributed by atoms with van der Waals surface area (Å²) in [7, 11) is 0. The Morgan fingerprint density at radius 3 is 2.65 bits per heavy atom. The Hall–Kier alpha value is -1.26. The molecular weight excluding hydrogens is 372 g/mol. The summed E-state index contributed by atoms with van der Waals surface area (Å²) in [5.74, 6) is -0.315. The summed E-state index contributed by atoms with van der Waals surface area (Å²) in [6.45, 7) is 1.97. The zero-order chi connectivity index (χ0) is 16.8.